The van der Waals surface area contributed by atoms with Gasteiger partial charge in [-0.25, -0.2) is 4.98 Å². The van der Waals surface area contributed by atoms with Crippen molar-refractivity contribution in [2.75, 3.05) is 25.5 Å². The number of hydrogen-bond donors (Lipinski definition) is 1. The van der Waals surface area contributed by atoms with Gasteiger partial charge in [0.15, 0.2) is 0 Å². The number of carbonyl (C=O) groups excluding carboxylic acids is 2. The Kier molecular flexibility index (Phi) is 8.11. The number of ether oxygens (including phenoxy) is 1. The standard InChI is InChI=1S/C25H29ClN4O3/c1-5-24(32)29(14-17(2)3)16-23(31)28-25-27-22(18-6-8-19(26)9-7-18)15-30(25)20-10-12-21(33-4)13-11-20/h6-13,15,17H,5,14,16H2,1-4H3,(H,27,28,31). The molecule has 3 aromatic rings. The monoisotopic (exact) mass is 468 g/mol. The Hall–Kier alpha value is -3.32. The van der Waals surface area contributed by atoms with Crippen LogP contribution in [0.1, 0.15) is 27.2 Å². The van der Waals surface area contributed by atoms with Gasteiger partial charge in [0.05, 0.1) is 19.3 Å². The van der Waals surface area contributed by atoms with Gasteiger partial charge in [-0.2, -0.15) is 0 Å². The minimum Gasteiger partial charge on any atom is -0.497 e. The molecule has 0 aliphatic heterocycles. The topological polar surface area (TPSA) is 76.5 Å². The highest BCUT2D eigenvalue weighted by molar-refractivity contribution is 6.30. The molecule has 0 radical (unpaired) electrons. The molecule has 2 amide bonds. The molecular weight excluding hydrogens is 440 g/mol. The minimum atomic E-state index is -0.305. The molecule has 0 aliphatic rings. The Balaban J connectivity index is 1.91. The summed E-state index contributed by atoms with van der Waals surface area (Å²) in [6.07, 6.45) is 2.20. The first-order valence-corrected chi connectivity index (χ1v) is 11.3. The number of benzene rings is 2. The zero-order chi connectivity index (χ0) is 24.0. The molecule has 2 aromatic carbocycles. The lowest BCUT2D eigenvalue weighted by molar-refractivity contribution is -0.134. The number of rotatable bonds is 9. The number of nitrogens with zero attached hydrogens (tertiary/aromatic N) is 3. The van der Waals surface area contributed by atoms with Crippen LogP contribution in [-0.2, 0) is 9.59 Å². The van der Waals surface area contributed by atoms with Gasteiger partial charge in [0.1, 0.15) is 5.75 Å². The number of anilines is 1. The molecule has 0 spiro atoms. The average Bonchev–Trinajstić information content (AvgIpc) is 3.21. The Bertz CT molecular complexity index is 1090. The van der Waals surface area contributed by atoms with Gasteiger partial charge in [-0.3, -0.25) is 19.5 Å². The van der Waals surface area contributed by atoms with Crippen LogP contribution in [0.3, 0.4) is 0 Å². The molecule has 0 fully saturated rings. The summed E-state index contributed by atoms with van der Waals surface area (Å²) in [5.74, 6) is 0.985. The summed E-state index contributed by atoms with van der Waals surface area (Å²) in [6.45, 7) is 6.31. The number of aromatic nitrogens is 2. The maximum Gasteiger partial charge on any atom is 0.246 e. The number of hydrogen-bond acceptors (Lipinski definition) is 4. The fourth-order valence-electron chi connectivity index (χ4n) is 3.42. The molecule has 0 atom stereocenters. The smallest absolute Gasteiger partial charge is 0.246 e. The molecule has 7 nitrogen and oxygen atoms in total. The van der Waals surface area contributed by atoms with Crippen molar-refractivity contribution in [2.24, 2.45) is 5.92 Å². The molecule has 1 N–H and O–H groups in total. The lowest BCUT2D eigenvalue weighted by Gasteiger charge is -2.23. The normalized spacial score (nSPS) is 10.8. The van der Waals surface area contributed by atoms with Crippen LogP contribution in [0.25, 0.3) is 16.9 Å². The van der Waals surface area contributed by atoms with Gasteiger partial charge in [-0.1, -0.05) is 44.5 Å². The third-order valence-corrected chi connectivity index (χ3v) is 5.27. The SMILES string of the molecule is CCC(=O)N(CC(=O)Nc1nc(-c2ccc(Cl)cc2)cn1-c1ccc(OC)cc1)CC(C)C. The van der Waals surface area contributed by atoms with Crippen molar-refractivity contribution in [1.29, 1.82) is 0 Å². The van der Waals surface area contributed by atoms with Crippen LogP contribution >= 0.6 is 11.6 Å². The molecule has 33 heavy (non-hydrogen) atoms. The fraction of sp³-hybridized carbons (Fsp3) is 0.320. The third kappa shape index (κ3) is 6.35. The number of imidazole rings is 1. The van der Waals surface area contributed by atoms with Crippen LogP contribution in [0.4, 0.5) is 5.95 Å². The lowest BCUT2D eigenvalue weighted by Crippen LogP contribution is -2.40. The van der Waals surface area contributed by atoms with E-state index in [-0.39, 0.29) is 24.3 Å². The zero-order valence-electron chi connectivity index (χ0n) is 19.3. The highest BCUT2D eigenvalue weighted by Crippen LogP contribution is 2.26. The van der Waals surface area contributed by atoms with Gasteiger partial charge >= 0.3 is 0 Å². The number of nitrogens with one attached hydrogen (secondary N) is 1. The summed E-state index contributed by atoms with van der Waals surface area (Å²) in [5, 5.41) is 3.52. The summed E-state index contributed by atoms with van der Waals surface area (Å²) < 4.78 is 7.05. The first-order valence-electron chi connectivity index (χ1n) is 10.9. The van der Waals surface area contributed by atoms with Gasteiger partial charge < -0.3 is 9.64 Å². The molecule has 8 heteroatoms. The number of methoxy groups -OCH3 is 1. The van der Waals surface area contributed by atoms with Crippen LogP contribution in [0, 0.1) is 5.92 Å². The maximum atomic E-state index is 12.9. The molecule has 0 bridgehead atoms. The van der Waals surface area contributed by atoms with Crippen molar-refractivity contribution in [3.8, 4) is 22.7 Å². The second-order valence-electron chi connectivity index (χ2n) is 8.09. The fourth-order valence-corrected chi connectivity index (χ4v) is 3.55. The van der Waals surface area contributed by atoms with E-state index in [4.69, 9.17) is 16.3 Å². The summed E-state index contributed by atoms with van der Waals surface area (Å²) in [4.78, 5) is 31.4. The first-order chi connectivity index (χ1) is 15.8. The second-order valence-corrected chi connectivity index (χ2v) is 8.53. The van der Waals surface area contributed by atoms with Crippen LogP contribution in [0.5, 0.6) is 5.75 Å². The van der Waals surface area contributed by atoms with Crippen LogP contribution < -0.4 is 10.1 Å². The van der Waals surface area contributed by atoms with Gasteiger partial charge in [0.2, 0.25) is 17.8 Å². The molecule has 174 valence electrons. The highest BCUT2D eigenvalue weighted by atomic mass is 35.5. The van der Waals surface area contributed by atoms with Crippen molar-refractivity contribution >= 4 is 29.4 Å². The van der Waals surface area contributed by atoms with Crippen molar-refractivity contribution in [3.05, 3.63) is 59.8 Å². The molecule has 1 aromatic heterocycles. The average molecular weight is 469 g/mol. The van der Waals surface area contributed by atoms with Crippen LogP contribution in [-0.4, -0.2) is 46.5 Å². The van der Waals surface area contributed by atoms with Gasteiger partial charge in [0, 0.05) is 35.4 Å². The Morgan fingerprint density at radius 2 is 1.79 bits per heavy atom. The largest absolute Gasteiger partial charge is 0.497 e. The minimum absolute atomic E-state index is 0.0311. The summed E-state index contributed by atoms with van der Waals surface area (Å²) >= 11 is 6.02. The predicted octanol–water partition coefficient (Wildman–Crippen LogP) is 5.03. The van der Waals surface area contributed by atoms with E-state index in [2.05, 4.69) is 10.3 Å². The molecule has 0 unspecified atom stereocenters. The maximum absolute atomic E-state index is 12.9. The number of amides is 2. The van der Waals surface area contributed by atoms with E-state index < -0.39 is 0 Å². The quantitative estimate of drug-likeness (QED) is 0.477. The molecule has 0 saturated heterocycles. The van der Waals surface area contributed by atoms with Gasteiger partial charge in [-0.05, 0) is 42.3 Å². The zero-order valence-corrected chi connectivity index (χ0v) is 20.1. The second kappa shape index (κ2) is 11.0. The van der Waals surface area contributed by atoms with Crippen molar-refractivity contribution in [2.45, 2.75) is 27.2 Å². The first kappa shape index (κ1) is 24.3. The molecule has 3 rings (SSSR count). The number of halogens is 1. The molecule has 1 heterocycles. The van der Waals surface area contributed by atoms with E-state index in [9.17, 15) is 9.59 Å². The third-order valence-electron chi connectivity index (χ3n) is 5.02. The van der Waals surface area contributed by atoms with Gasteiger partial charge in [-0.15, -0.1) is 0 Å². The van der Waals surface area contributed by atoms with E-state index in [0.717, 1.165) is 17.0 Å². The van der Waals surface area contributed by atoms with E-state index >= 15 is 0 Å². The van der Waals surface area contributed by atoms with Crippen molar-refractivity contribution in [1.82, 2.24) is 14.5 Å². The van der Waals surface area contributed by atoms with Gasteiger partial charge in [0.25, 0.3) is 0 Å². The van der Waals surface area contributed by atoms with Crippen molar-refractivity contribution < 1.29 is 14.3 Å². The number of carbonyl (C=O) groups is 2. The summed E-state index contributed by atoms with van der Waals surface area (Å²) in [7, 11) is 1.61. The van der Waals surface area contributed by atoms with Crippen LogP contribution in [0.15, 0.2) is 54.7 Å². The Labute approximate surface area is 199 Å². The molecular formula is C25H29ClN4O3. The van der Waals surface area contributed by atoms with Crippen LogP contribution in [0.2, 0.25) is 5.02 Å². The summed E-state index contributed by atoms with van der Waals surface area (Å²) in [6, 6.07) is 14.8. The Morgan fingerprint density at radius 1 is 1.12 bits per heavy atom. The van der Waals surface area contributed by atoms with E-state index in [1.807, 2.05) is 56.4 Å². The summed E-state index contributed by atoms with van der Waals surface area (Å²) in [5.41, 5.74) is 2.36. The Morgan fingerprint density at radius 3 is 2.36 bits per heavy atom. The lowest BCUT2D eigenvalue weighted by atomic mass is 10.2. The highest BCUT2D eigenvalue weighted by Gasteiger charge is 2.19. The molecule has 0 saturated carbocycles. The van der Waals surface area contributed by atoms with E-state index in [1.165, 1.54) is 0 Å². The predicted molar refractivity (Wildman–Crippen MR) is 131 cm³/mol. The van der Waals surface area contributed by atoms with E-state index in [1.54, 1.807) is 35.6 Å². The van der Waals surface area contributed by atoms with Crippen molar-refractivity contribution in [3.63, 3.8) is 0 Å². The molecule has 0 aliphatic carbocycles. The van der Waals surface area contributed by atoms with E-state index in [0.29, 0.717) is 29.6 Å².